The van der Waals surface area contributed by atoms with Crippen LogP contribution in [-0.2, 0) is 6.54 Å². The minimum atomic E-state index is -0.949. The highest BCUT2D eigenvalue weighted by atomic mass is 32.1. The van der Waals surface area contributed by atoms with Gasteiger partial charge in [-0.2, -0.15) is 0 Å². The molecule has 7 nitrogen and oxygen atoms in total. The molecule has 176 valence electrons. The van der Waals surface area contributed by atoms with E-state index in [0.29, 0.717) is 11.7 Å². The molecule has 2 N–H and O–H groups in total. The van der Waals surface area contributed by atoms with Gasteiger partial charge in [0.15, 0.2) is 5.11 Å². The molecule has 1 aliphatic rings. The van der Waals surface area contributed by atoms with Crippen molar-refractivity contribution in [3.8, 4) is 11.4 Å². The first-order valence-electron chi connectivity index (χ1n) is 11.2. The molecule has 0 saturated carbocycles. The first-order valence-corrected chi connectivity index (χ1v) is 11.6. The van der Waals surface area contributed by atoms with Crippen molar-refractivity contribution in [2.75, 3.05) is 7.11 Å². The van der Waals surface area contributed by atoms with Gasteiger partial charge in [-0.25, -0.2) is 4.79 Å². The number of hydrogen-bond donors (Lipinski definition) is 2. The number of nitrogens with one attached hydrogen (secondary N) is 1. The summed E-state index contributed by atoms with van der Waals surface area (Å²) in [6.45, 7) is 0.604. The number of aromatic nitrogens is 2. The van der Waals surface area contributed by atoms with Crippen LogP contribution in [0.5, 0.6) is 5.75 Å². The molecule has 0 amide bonds. The van der Waals surface area contributed by atoms with Crippen molar-refractivity contribution in [1.82, 2.24) is 19.8 Å². The zero-order valence-electron chi connectivity index (χ0n) is 19.0. The molecule has 0 unspecified atom stereocenters. The number of benzene rings is 2. The van der Waals surface area contributed by atoms with Crippen LogP contribution < -0.4 is 10.1 Å². The predicted octanol–water partition coefficient (Wildman–Crippen LogP) is 4.75. The van der Waals surface area contributed by atoms with E-state index in [4.69, 9.17) is 17.0 Å². The highest BCUT2D eigenvalue weighted by Gasteiger charge is 2.41. The minimum absolute atomic E-state index is 0.145. The maximum Gasteiger partial charge on any atom is 0.335 e. The molecule has 2 aromatic heterocycles. The molecule has 2 aromatic carbocycles. The summed E-state index contributed by atoms with van der Waals surface area (Å²) < 4.78 is 7.38. The number of carbonyl (C=O) groups is 1. The van der Waals surface area contributed by atoms with Crippen LogP contribution in [0.1, 0.15) is 39.4 Å². The van der Waals surface area contributed by atoms with Crippen molar-refractivity contribution in [3.63, 3.8) is 0 Å². The van der Waals surface area contributed by atoms with Crippen molar-refractivity contribution in [2.24, 2.45) is 0 Å². The van der Waals surface area contributed by atoms with Crippen LogP contribution >= 0.6 is 12.2 Å². The lowest BCUT2D eigenvalue weighted by Crippen LogP contribution is -2.30. The second kappa shape index (κ2) is 9.60. The normalized spacial score (nSPS) is 17.3. The highest BCUT2D eigenvalue weighted by molar-refractivity contribution is 7.80. The summed E-state index contributed by atoms with van der Waals surface area (Å²) in [6.07, 6.45) is 3.76. The zero-order chi connectivity index (χ0) is 24.4. The molecule has 0 bridgehead atoms. The summed E-state index contributed by atoms with van der Waals surface area (Å²) >= 11 is 5.81. The van der Waals surface area contributed by atoms with E-state index in [0.717, 1.165) is 28.4 Å². The van der Waals surface area contributed by atoms with Gasteiger partial charge in [-0.3, -0.25) is 4.98 Å². The van der Waals surface area contributed by atoms with Gasteiger partial charge in [-0.1, -0.05) is 18.2 Å². The van der Waals surface area contributed by atoms with E-state index >= 15 is 0 Å². The minimum Gasteiger partial charge on any atom is -0.497 e. The van der Waals surface area contributed by atoms with Crippen LogP contribution in [0.4, 0.5) is 0 Å². The number of carboxylic acid groups (broad SMARTS) is 1. The van der Waals surface area contributed by atoms with Crippen molar-refractivity contribution in [2.45, 2.75) is 18.6 Å². The second-order valence-corrected chi connectivity index (χ2v) is 8.64. The molecule has 0 spiro atoms. The van der Waals surface area contributed by atoms with E-state index in [9.17, 15) is 9.90 Å². The number of hydrogen-bond acceptors (Lipinski definition) is 4. The zero-order valence-corrected chi connectivity index (χ0v) is 19.9. The van der Waals surface area contributed by atoms with Crippen LogP contribution in [0.25, 0.3) is 5.69 Å². The monoisotopic (exact) mass is 484 g/mol. The Morgan fingerprint density at radius 2 is 1.83 bits per heavy atom. The number of methoxy groups -OCH3 is 1. The molecule has 35 heavy (non-hydrogen) atoms. The number of aromatic carboxylic acids is 1. The fourth-order valence-corrected chi connectivity index (χ4v) is 4.76. The van der Waals surface area contributed by atoms with Gasteiger partial charge in [0.2, 0.25) is 0 Å². The summed E-state index contributed by atoms with van der Waals surface area (Å²) in [7, 11) is 1.65. The van der Waals surface area contributed by atoms with Gasteiger partial charge in [0.05, 0.1) is 30.5 Å². The number of carboxylic acids is 1. The topological polar surface area (TPSA) is 79.6 Å². The van der Waals surface area contributed by atoms with Crippen LogP contribution in [0.15, 0.2) is 91.3 Å². The first kappa shape index (κ1) is 22.6. The van der Waals surface area contributed by atoms with E-state index < -0.39 is 5.97 Å². The molecule has 4 aromatic rings. The van der Waals surface area contributed by atoms with Crippen molar-refractivity contribution in [3.05, 3.63) is 114 Å². The number of rotatable bonds is 7. The Morgan fingerprint density at radius 3 is 2.49 bits per heavy atom. The van der Waals surface area contributed by atoms with E-state index in [1.165, 1.54) is 0 Å². The molecule has 0 radical (unpaired) electrons. The van der Waals surface area contributed by atoms with Crippen LogP contribution in [0, 0.1) is 0 Å². The highest BCUT2D eigenvalue weighted by Crippen LogP contribution is 2.40. The molecule has 5 rings (SSSR count). The Balaban J connectivity index is 1.56. The molecule has 1 fully saturated rings. The van der Waals surface area contributed by atoms with Gasteiger partial charge in [-0.05, 0) is 78.4 Å². The molecule has 0 aliphatic carbocycles. The van der Waals surface area contributed by atoms with Crippen LogP contribution in [0.2, 0.25) is 0 Å². The maximum atomic E-state index is 11.3. The predicted molar refractivity (Wildman–Crippen MR) is 137 cm³/mol. The molecular weight excluding hydrogens is 460 g/mol. The Morgan fingerprint density at radius 1 is 1.06 bits per heavy atom. The molecule has 2 atom stereocenters. The van der Waals surface area contributed by atoms with Crippen LogP contribution in [0.3, 0.4) is 0 Å². The largest absolute Gasteiger partial charge is 0.497 e. The number of thiocarbonyl (C=S) groups is 1. The Kier molecular flexibility index (Phi) is 6.20. The molecule has 3 heterocycles. The summed E-state index contributed by atoms with van der Waals surface area (Å²) in [6, 6.07) is 24.5. The summed E-state index contributed by atoms with van der Waals surface area (Å²) in [5, 5.41) is 13.4. The smallest absolute Gasteiger partial charge is 0.335 e. The summed E-state index contributed by atoms with van der Waals surface area (Å²) in [4.78, 5) is 18.1. The summed E-state index contributed by atoms with van der Waals surface area (Å²) in [5.41, 5.74) is 4.14. The second-order valence-electron chi connectivity index (χ2n) is 8.26. The van der Waals surface area contributed by atoms with Gasteiger partial charge in [0.25, 0.3) is 0 Å². The average molecular weight is 485 g/mol. The van der Waals surface area contributed by atoms with Crippen molar-refractivity contribution >= 4 is 23.3 Å². The van der Waals surface area contributed by atoms with E-state index in [2.05, 4.69) is 25.8 Å². The standard InChI is InChI=1S/C27H24N4O3S/c1-34-21-13-7-18(8-14-21)17-31-25(24(29-27(31)35)22-5-2-3-15-28-22)23-6-4-16-30(23)20-11-9-19(10-12-20)26(32)33/h2-16,24-25H,17H2,1H3,(H,29,35)(H,32,33)/t24-,25+/m1/s1. The number of nitrogens with zero attached hydrogens (tertiary/aromatic N) is 3. The summed E-state index contributed by atoms with van der Waals surface area (Å²) in [5.74, 6) is -0.145. The van der Waals surface area contributed by atoms with E-state index in [1.54, 1.807) is 25.4 Å². The SMILES string of the molecule is COc1ccc(CN2C(=S)N[C@H](c3ccccn3)[C@@H]2c2cccn2-c2ccc(C(=O)O)cc2)cc1. The third kappa shape index (κ3) is 4.48. The Bertz CT molecular complexity index is 1340. The van der Waals surface area contributed by atoms with Gasteiger partial charge >= 0.3 is 5.97 Å². The quantitative estimate of drug-likeness (QED) is 0.367. The van der Waals surface area contributed by atoms with E-state index in [1.807, 2.05) is 66.9 Å². The van der Waals surface area contributed by atoms with Crippen molar-refractivity contribution in [1.29, 1.82) is 0 Å². The van der Waals surface area contributed by atoms with Gasteiger partial charge in [0.1, 0.15) is 5.75 Å². The number of pyridine rings is 1. The van der Waals surface area contributed by atoms with E-state index in [-0.39, 0.29) is 17.6 Å². The fraction of sp³-hybridized carbons (Fsp3) is 0.148. The molecular formula is C27H24N4O3S. The molecule has 1 aliphatic heterocycles. The molecule has 1 saturated heterocycles. The maximum absolute atomic E-state index is 11.3. The third-order valence-electron chi connectivity index (χ3n) is 6.19. The fourth-order valence-electron chi connectivity index (χ4n) is 4.46. The van der Waals surface area contributed by atoms with Gasteiger partial charge in [0, 0.05) is 30.3 Å². The Labute approximate surface area is 208 Å². The lowest BCUT2D eigenvalue weighted by Gasteiger charge is -2.29. The lowest BCUT2D eigenvalue weighted by atomic mass is 10.0. The van der Waals surface area contributed by atoms with Gasteiger partial charge in [-0.15, -0.1) is 0 Å². The first-order chi connectivity index (χ1) is 17.0. The van der Waals surface area contributed by atoms with Crippen molar-refractivity contribution < 1.29 is 14.6 Å². The van der Waals surface area contributed by atoms with Crippen LogP contribution in [-0.4, -0.2) is 37.7 Å². The third-order valence-corrected chi connectivity index (χ3v) is 6.54. The lowest BCUT2D eigenvalue weighted by molar-refractivity contribution is 0.0697. The van der Waals surface area contributed by atoms with Gasteiger partial charge < -0.3 is 24.6 Å². The molecule has 8 heteroatoms. The number of ether oxygens (including phenoxy) is 1. The average Bonchev–Trinajstić information content (AvgIpc) is 3.49. The Hall–Kier alpha value is -4.17.